The van der Waals surface area contributed by atoms with E-state index in [0.29, 0.717) is 18.1 Å². The Balaban J connectivity index is 1.91. The van der Waals surface area contributed by atoms with Crippen molar-refractivity contribution < 1.29 is 0 Å². The summed E-state index contributed by atoms with van der Waals surface area (Å²) in [6, 6.07) is 1.66. The molecule has 1 saturated heterocycles. The van der Waals surface area contributed by atoms with Crippen molar-refractivity contribution in [1.29, 1.82) is 0 Å². The van der Waals surface area contributed by atoms with Gasteiger partial charge in [0.25, 0.3) is 0 Å². The molecule has 0 bridgehead atoms. The highest BCUT2D eigenvalue weighted by Gasteiger charge is 2.25. The number of rotatable bonds is 4. The smallest absolute Gasteiger partial charge is 0.123 e. The third-order valence-electron chi connectivity index (χ3n) is 3.90. The molecule has 2 rings (SSSR count). The predicted molar refractivity (Wildman–Crippen MR) is 69.9 cm³/mol. The largest absolute Gasteiger partial charge is 0.347 e. The Morgan fingerprint density at radius 3 is 3.06 bits per heavy atom. The summed E-state index contributed by atoms with van der Waals surface area (Å²) >= 11 is 0. The van der Waals surface area contributed by atoms with Crippen LogP contribution >= 0.6 is 0 Å². The molecule has 2 N–H and O–H groups in total. The molecule has 1 aromatic heterocycles. The van der Waals surface area contributed by atoms with Crippen LogP contribution in [0.15, 0.2) is 12.4 Å². The zero-order valence-electron chi connectivity index (χ0n) is 11.1. The van der Waals surface area contributed by atoms with Crippen LogP contribution in [0.3, 0.4) is 0 Å². The Kier molecular flexibility index (Phi) is 4.18. The van der Waals surface area contributed by atoms with Gasteiger partial charge in [-0.15, -0.1) is 0 Å². The van der Waals surface area contributed by atoms with E-state index in [1.54, 1.807) is 0 Å². The summed E-state index contributed by atoms with van der Waals surface area (Å²) in [6.07, 6.45) is 7.27. The zero-order chi connectivity index (χ0) is 12.3. The maximum atomic E-state index is 4.36. The van der Waals surface area contributed by atoms with Crippen LogP contribution in [-0.2, 0) is 0 Å². The fourth-order valence-corrected chi connectivity index (χ4v) is 2.58. The van der Waals surface area contributed by atoms with Crippen LogP contribution in [0, 0.1) is 0 Å². The molecule has 96 valence electrons. The van der Waals surface area contributed by atoms with Crippen LogP contribution in [0.5, 0.6) is 0 Å². The van der Waals surface area contributed by atoms with Crippen molar-refractivity contribution in [3.05, 3.63) is 18.2 Å². The number of hydrogen-bond acceptors (Lipinski definition) is 3. The van der Waals surface area contributed by atoms with Crippen molar-refractivity contribution in [3.63, 3.8) is 0 Å². The van der Waals surface area contributed by atoms with Gasteiger partial charge in [-0.3, -0.25) is 0 Å². The van der Waals surface area contributed by atoms with E-state index in [9.17, 15) is 0 Å². The van der Waals surface area contributed by atoms with Crippen molar-refractivity contribution in [2.24, 2.45) is 0 Å². The number of H-pyrrole nitrogens is 1. The molecule has 17 heavy (non-hydrogen) atoms. The third-order valence-corrected chi connectivity index (χ3v) is 3.90. The van der Waals surface area contributed by atoms with Gasteiger partial charge in [0.15, 0.2) is 0 Å². The fourth-order valence-electron chi connectivity index (χ4n) is 2.58. The molecule has 4 heteroatoms. The quantitative estimate of drug-likeness (QED) is 0.839. The van der Waals surface area contributed by atoms with Crippen LogP contribution < -0.4 is 5.32 Å². The average Bonchev–Trinajstić information content (AvgIpc) is 2.84. The minimum Gasteiger partial charge on any atom is -0.347 e. The molecule has 0 aliphatic carbocycles. The number of imidazole rings is 1. The lowest BCUT2D eigenvalue weighted by Crippen LogP contribution is -2.46. The zero-order valence-corrected chi connectivity index (χ0v) is 11.1. The molecule has 0 aromatic carbocycles. The molecule has 3 atom stereocenters. The number of likely N-dealkylation sites (tertiary alicyclic amines) is 1. The lowest BCUT2D eigenvalue weighted by Gasteiger charge is -2.36. The van der Waals surface area contributed by atoms with E-state index in [1.807, 2.05) is 12.4 Å². The second-order valence-corrected chi connectivity index (χ2v) is 5.15. The normalized spacial score (nSPS) is 28.2. The molecule has 1 fully saturated rings. The summed E-state index contributed by atoms with van der Waals surface area (Å²) in [6.45, 7) is 5.70. The van der Waals surface area contributed by atoms with Crippen LogP contribution in [-0.4, -0.2) is 40.5 Å². The first-order chi connectivity index (χ1) is 8.20. The maximum Gasteiger partial charge on any atom is 0.123 e. The molecule has 2 heterocycles. The first kappa shape index (κ1) is 12.6. The van der Waals surface area contributed by atoms with Gasteiger partial charge >= 0.3 is 0 Å². The van der Waals surface area contributed by atoms with E-state index in [4.69, 9.17) is 0 Å². The average molecular weight is 236 g/mol. The summed E-state index contributed by atoms with van der Waals surface area (Å²) < 4.78 is 0. The molecule has 0 saturated carbocycles. The maximum absolute atomic E-state index is 4.36. The Labute approximate surface area is 104 Å². The molecular weight excluding hydrogens is 212 g/mol. The second-order valence-electron chi connectivity index (χ2n) is 5.15. The summed E-state index contributed by atoms with van der Waals surface area (Å²) in [5.41, 5.74) is 0. The van der Waals surface area contributed by atoms with Gasteiger partial charge in [-0.1, -0.05) is 6.92 Å². The van der Waals surface area contributed by atoms with Gasteiger partial charge in [-0.2, -0.15) is 0 Å². The Bertz CT molecular complexity index is 322. The lowest BCUT2D eigenvalue weighted by molar-refractivity contribution is 0.161. The van der Waals surface area contributed by atoms with Crippen LogP contribution in [0.1, 0.15) is 45.0 Å². The van der Waals surface area contributed by atoms with Gasteiger partial charge < -0.3 is 15.2 Å². The van der Waals surface area contributed by atoms with Crippen LogP contribution in [0.4, 0.5) is 0 Å². The summed E-state index contributed by atoms with van der Waals surface area (Å²) in [5.74, 6) is 1.07. The highest BCUT2D eigenvalue weighted by Crippen LogP contribution is 2.20. The van der Waals surface area contributed by atoms with Crippen molar-refractivity contribution >= 4 is 0 Å². The van der Waals surface area contributed by atoms with Gasteiger partial charge in [0.05, 0.1) is 6.04 Å². The Hall–Kier alpha value is -0.870. The van der Waals surface area contributed by atoms with Crippen molar-refractivity contribution in [2.45, 2.75) is 51.2 Å². The molecular formula is C13H24N4. The van der Waals surface area contributed by atoms with Crippen molar-refractivity contribution in [1.82, 2.24) is 20.2 Å². The minimum absolute atomic E-state index is 0.366. The monoisotopic (exact) mass is 236 g/mol. The summed E-state index contributed by atoms with van der Waals surface area (Å²) in [5, 5.41) is 3.74. The summed E-state index contributed by atoms with van der Waals surface area (Å²) in [7, 11) is 2.21. The topological polar surface area (TPSA) is 44.0 Å². The molecule has 1 aliphatic rings. The van der Waals surface area contributed by atoms with Gasteiger partial charge in [0.1, 0.15) is 5.82 Å². The molecule has 0 spiro atoms. The number of aromatic nitrogens is 2. The minimum atomic E-state index is 0.366. The molecule has 0 radical (unpaired) electrons. The van der Waals surface area contributed by atoms with E-state index in [2.05, 4.69) is 41.1 Å². The lowest BCUT2D eigenvalue weighted by atomic mass is 9.97. The van der Waals surface area contributed by atoms with Gasteiger partial charge in [-0.05, 0) is 39.8 Å². The highest BCUT2D eigenvalue weighted by atomic mass is 15.2. The first-order valence-corrected chi connectivity index (χ1v) is 6.66. The standard InChI is InChI=1S/C13H24N4/c1-4-12(13-14-6-7-15-13)16-11-5-8-17(3)10(2)9-11/h6-7,10-12,16H,4-5,8-9H2,1-3H3,(H,14,15). The molecule has 1 aliphatic heterocycles. The molecule has 3 unspecified atom stereocenters. The van der Waals surface area contributed by atoms with Crippen LogP contribution in [0.25, 0.3) is 0 Å². The number of piperidine rings is 1. The van der Waals surface area contributed by atoms with Gasteiger partial charge in [0.2, 0.25) is 0 Å². The van der Waals surface area contributed by atoms with E-state index in [-0.39, 0.29) is 0 Å². The first-order valence-electron chi connectivity index (χ1n) is 6.66. The van der Waals surface area contributed by atoms with Crippen molar-refractivity contribution in [2.75, 3.05) is 13.6 Å². The molecule has 0 amide bonds. The predicted octanol–water partition coefficient (Wildman–Crippen LogP) is 1.93. The Morgan fingerprint density at radius 1 is 1.65 bits per heavy atom. The molecule has 1 aromatic rings. The fraction of sp³-hybridized carbons (Fsp3) is 0.769. The van der Waals surface area contributed by atoms with E-state index < -0.39 is 0 Å². The van der Waals surface area contributed by atoms with Crippen molar-refractivity contribution in [3.8, 4) is 0 Å². The Morgan fingerprint density at radius 2 is 2.47 bits per heavy atom. The third kappa shape index (κ3) is 3.07. The highest BCUT2D eigenvalue weighted by molar-refractivity contribution is 4.97. The molecule has 4 nitrogen and oxygen atoms in total. The SMILES string of the molecule is CCC(NC1CCN(C)C(C)C1)c1ncc[nH]1. The van der Waals surface area contributed by atoms with E-state index in [1.165, 1.54) is 19.4 Å². The van der Waals surface area contributed by atoms with E-state index >= 15 is 0 Å². The number of nitrogens with zero attached hydrogens (tertiary/aromatic N) is 2. The number of nitrogens with one attached hydrogen (secondary N) is 2. The van der Waals surface area contributed by atoms with E-state index in [0.717, 1.165) is 12.2 Å². The van der Waals surface area contributed by atoms with Crippen LogP contribution in [0.2, 0.25) is 0 Å². The van der Waals surface area contributed by atoms with Gasteiger partial charge in [0, 0.05) is 24.5 Å². The summed E-state index contributed by atoms with van der Waals surface area (Å²) in [4.78, 5) is 10.0. The van der Waals surface area contributed by atoms with Gasteiger partial charge in [-0.25, -0.2) is 4.98 Å². The second kappa shape index (κ2) is 5.65. The number of hydrogen-bond donors (Lipinski definition) is 2. The number of aromatic amines is 1.